The first kappa shape index (κ1) is 17.0. The van der Waals surface area contributed by atoms with Crippen molar-refractivity contribution in [2.75, 3.05) is 20.2 Å². The van der Waals surface area contributed by atoms with Gasteiger partial charge in [0.1, 0.15) is 0 Å². The monoisotopic (exact) mass is 269 g/mol. The molecule has 0 bridgehead atoms. The van der Waals surface area contributed by atoms with E-state index in [0.717, 1.165) is 5.92 Å². The second-order valence-corrected chi connectivity index (χ2v) is 6.61. The molecule has 0 aromatic heterocycles. The van der Waals surface area contributed by atoms with Gasteiger partial charge in [-0.15, -0.1) is 0 Å². The van der Waals surface area contributed by atoms with Gasteiger partial charge in [-0.2, -0.15) is 0 Å². The Morgan fingerprint density at radius 1 is 1.05 bits per heavy atom. The molecule has 1 atom stereocenters. The van der Waals surface area contributed by atoms with Crippen molar-refractivity contribution in [1.29, 1.82) is 0 Å². The van der Waals surface area contributed by atoms with E-state index in [1.54, 1.807) is 0 Å². The van der Waals surface area contributed by atoms with Gasteiger partial charge in [-0.3, -0.25) is 4.90 Å². The van der Waals surface area contributed by atoms with Gasteiger partial charge in [-0.25, -0.2) is 0 Å². The van der Waals surface area contributed by atoms with Crippen molar-refractivity contribution in [2.24, 2.45) is 5.92 Å². The van der Waals surface area contributed by atoms with E-state index in [2.05, 4.69) is 18.7 Å². The van der Waals surface area contributed by atoms with Crippen LogP contribution in [0, 0.1) is 5.92 Å². The molecule has 1 aliphatic heterocycles. The minimum atomic E-state index is 0.330. The average Bonchev–Trinajstić information content (AvgIpc) is 2.44. The summed E-state index contributed by atoms with van der Waals surface area (Å²) in [7, 11) is 1.86. The van der Waals surface area contributed by atoms with Crippen LogP contribution in [0.15, 0.2) is 0 Å². The Kier molecular flexibility index (Phi) is 7.38. The Labute approximate surface area is 120 Å². The predicted molar refractivity (Wildman–Crippen MR) is 83.6 cm³/mol. The lowest BCUT2D eigenvalue weighted by molar-refractivity contribution is -0.0322. The van der Waals surface area contributed by atoms with Gasteiger partial charge in [0, 0.05) is 25.7 Å². The normalized spacial score (nSPS) is 28.6. The summed E-state index contributed by atoms with van der Waals surface area (Å²) in [6, 6.07) is 0. The van der Waals surface area contributed by atoms with Crippen LogP contribution in [0.2, 0.25) is 0 Å². The molecule has 0 N–H and O–H groups in total. The molecule has 2 nitrogen and oxygen atoms in total. The standard InChI is InChI=1S/C15H29NO.C2H6/c1-15(2)11-14(17-3)9-10-16(15)12-13-7-5-4-6-8-13;1-2/h13-14H,4-12H2,1-3H3;1-2H3. The highest BCUT2D eigenvalue weighted by Crippen LogP contribution is 2.32. The molecule has 1 aliphatic carbocycles. The summed E-state index contributed by atoms with van der Waals surface area (Å²) in [5.41, 5.74) is 0.330. The van der Waals surface area contributed by atoms with Crippen molar-refractivity contribution in [3.63, 3.8) is 0 Å². The van der Waals surface area contributed by atoms with Crippen LogP contribution in [-0.2, 0) is 4.74 Å². The minimum Gasteiger partial charge on any atom is -0.381 e. The smallest absolute Gasteiger partial charge is 0.0601 e. The fraction of sp³-hybridized carbons (Fsp3) is 1.00. The summed E-state index contributed by atoms with van der Waals surface area (Å²) < 4.78 is 5.54. The zero-order chi connectivity index (χ0) is 14.3. The van der Waals surface area contributed by atoms with Crippen LogP contribution in [0.1, 0.15) is 72.6 Å². The number of hydrogen-bond acceptors (Lipinski definition) is 2. The van der Waals surface area contributed by atoms with Gasteiger partial charge >= 0.3 is 0 Å². The molecule has 2 aliphatic rings. The molecule has 2 rings (SSSR count). The topological polar surface area (TPSA) is 12.5 Å². The number of piperidine rings is 1. The van der Waals surface area contributed by atoms with Crippen molar-refractivity contribution >= 4 is 0 Å². The largest absolute Gasteiger partial charge is 0.381 e. The molecule has 1 saturated heterocycles. The Hall–Kier alpha value is -0.0800. The molecule has 114 valence electrons. The van der Waals surface area contributed by atoms with E-state index < -0.39 is 0 Å². The molecule has 0 amide bonds. The molecular formula is C17H35NO. The van der Waals surface area contributed by atoms with Gasteiger partial charge in [-0.05, 0) is 45.4 Å². The number of methoxy groups -OCH3 is 1. The first-order valence-corrected chi connectivity index (χ1v) is 8.39. The van der Waals surface area contributed by atoms with Crippen LogP contribution in [-0.4, -0.2) is 36.7 Å². The fourth-order valence-corrected chi connectivity index (χ4v) is 3.61. The lowest BCUT2D eigenvalue weighted by atomic mass is 9.84. The van der Waals surface area contributed by atoms with Gasteiger partial charge in [0.25, 0.3) is 0 Å². The van der Waals surface area contributed by atoms with Crippen molar-refractivity contribution in [3.8, 4) is 0 Å². The van der Waals surface area contributed by atoms with Crippen LogP contribution >= 0.6 is 0 Å². The third-order valence-electron chi connectivity index (χ3n) is 4.84. The molecule has 0 radical (unpaired) electrons. The van der Waals surface area contributed by atoms with Crippen molar-refractivity contribution in [3.05, 3.63) is 0 Å². The maximum absolute atomic E-state index is 5.54. The first-order valence-electron chi connectivity index (χ1n) is 8.39. The van der Waals surface area contributed by atoms with E-state index in [4.69, 9.17) is 4.74 Å². The van der Waals surface area contributed by atoms with Crippen molar-refractivity contribution < 1.29 is 4.74 Å². The summed E-state index contributed by atoms with van der Waals surface area (Å²) in [5, 5.41) is 0. The maximum Gasteiger partial charge on any atom is 0.0601 e. The second kappa shape index (κ2) is 8.26. The zero-order valence-electron chi connectivity index (χ0n) is 13.9. The van der Waals surface area contributed by atoms with E-state index in [1.165, 1.54) is 58.0 Å². The Morgan fingerprint density at radius 2 is 1.68 bits per heavy atom. The van der Waals surface area contributed by atoms with E-state index in [0.29, 0.717) is 11.6 Å². The number of hydrogen-bond donors (Lipinski definition) is 0. The lowest BCUT2D eigenvalue weighted by Gasteiger charge is -2.47. The lowest BCUT2D eigenvalue weighted by Crippen LogP contribution is -2.53. The predicted octanol–water partition coefficient (Wildman–Crippen LogP) is 4.48. The molecular weight excluding hydrogens is 234 g/mol. The minimum absolute atomic E-state index is 0.330. The molecule has 1 unspecified atom stereocenters. The van der Waals surface area contributed by atoms with E-state index in [-0.39, 0.29) is 0 Å². The number of ether oxygens (including phenoxy) is 1. The van der Waals surface area contributed by atoms with E-state index in [1.807, 2.05) is 21.0 Å². The van der Waals surface area contributed by atoms with Crippen molar-refractivity contribution in [2.45, 2.75) is 84.3 Å². The summed E-state index contributed by atoms with van der Waals surface area (Å²) in [6.45, 7) is 11.3. The summed E-state index contributed by atoms with van der Waals surface area (Å²) in [4.78, 5) is 2.72. The maximum atomic E-state index is 5.54. The molecule has 2 fully saturated rings. The third-order valence-corrected chi connectivity index (χ3v) is 4.84. The van der Waals surface area contributed by atoms with Crippen LogP contribution in [0.25, 0.3) is 0 Å². The van der Waals surface area contributed by atoms with Crippen LogP contribution in [0.3, 0.4) is 0 Å². The summed E-state index contributed by atoms with van der Waals surface area (Å²) in [6.07, 6.45) is 10.2. The highest BCUT2D eigenvalue weighted by Gasteiger charge is 2.35. The SMILES string of the molecule is CC.COC1CCN(CC2CCCCC2)C(C)(C)C1. The molecule has 2 heteroatoms. The van der Waals surface area contributed by atoms with Gasteiger partial charge in [-0.1, -0.05) is 33.1 Å². The molecule has 1 saturated carbocycles. The van der Waals surface area contributed by atoms with Gasteiger partial charge < -0.3 is 4.74 Å². The molecule has 0 aromatic rings. The Morgan fingerprint density at radius 3 is 2.21 bits per heavy atom. The summed E-state index contributed by atoms with van der Waals surface area (Å²) >= 11 is 0. The highest BCUT2D eigenvalue weighted by molar-refractivity contribution is 4.91. The quantitative estimate of drug-likeness (QED) is 0.749. The summed E-state index contributed by atoms with van der Waals surface area (Å²) in [5.74, 6) is 0.960. The fourth-order valence-electron chi connectivity index (χ4n) is 3.61. The highest BCUT2D eigenvalue weighted by atomic mass is 16.5. The molecule has 1 heterocycles. The molecule has 19 heavy (non-hydrogen) atoms. The number of nitrogens with zero attached hydrogens (tertiary/aromatic N) is 1. The Balaban J connectivity index is 0.000000861. The number of rotatable bonds is 3. The third kappa shape index (κ3) is 5.07. The zero-order valence-corrected chi connectivity index (χ0v) is 13.9. The second-order valence-electron chi connectivity index (χ2n) is 6.61. The van der Waals surface area contributed by atoms with Crippen LogP contribution in [0.4, 0.5) is 0 Å². The van der Waals surface area contributed by atoms with Gasteiger partial charge in [0.05, 0.1) is 6.10 Å². The van der Waals surface area contributed by atoms with Gasteiger partial charge in [0.15, 0.2) is 0 Å². The van der Waals surface area contributed by atoms with Crippen LogP contribution < -0.4 is 0 Å². The van der Waals surface area contributed by atoms with Gasteiger partial charge in [0.2, 0.25) is 0 Å². The van der Waals surface area contributed by atoms with E-state index in [9.17, 15) is 0 Å². The molecule has 0 spiro atoms. The first-order chi connectivity index (χ1) is 9.12. The molecule has 0 aromatic carbocycles. The average molecular weight is 269 g/mol. The number of likely N-dealkylation sites (tertiary alicyclic amines) is 1. The Bertz CT molecular complexity index is 233. The van der Waals surface area contributed by atoms with E-state index >= 15 is 0 Å². The van der Waals surface area contributed by atoms with Crippen LogP contribution in [0.5, 0.6) is 0 Å². The van der Waals surface area contributed by atoms with Crippen molar-refractivity contribution in [1.82, 2.24) is 4.90 Å².